The SMILES string of the molecule is CC(C)C(C(C)C)C1NCCc2ccoc21. The second-order valence-corrected chi connectivity index (χ2v) is 5.56. The molecule has 0 aliphatic carbocycles. The number of hydrogen-bond acceptors (Lipinski definition) is 2. The fourth-order valence-electron chi connectivity index (χ4n) is 3.13. The van der Waals surface area contributed by atoms with E-state index in [0.29, 0.717) is 23.8 Å². The second-order valence-electron chi connectivity index (χ2n) is 5.56. The highest BCUT2D eigenvalue weighted by Gasteiger charge is 2.33. The van der Waals surface area contributed by atoms with Gasteiger partial charge in [-0.1, -0.05) is 27.7 Å². The lowest BCUT2D eigenvalue weighted by Gasteiger charge is -2.35. The van der Waals surface area contributed by atoms with Crippen LogP contribution in [0.4, 0.5) is 0 Å². The summed E-state index contributed by atoms with van der Waals surface area (Å²) in [5.74, 6) is 3.17. The van der Waals surface area contributed by atoms with E-state index in [2.05, 4.69) is 39.1 Å². The van der Waals surface area contributed by atoms with Crippen molar-refractivity contribution in [2.75, 3.05) is 6.54 Å². The summed E-state index contributed by atoms with van der Waals surface area (Å²) in [6.45, 7) is 10.3. The lowest BCUT2D eigenvalue weighted by Crippen LogP contribution is -2.38. The third-order valence-electron chi connectivity index (χ3n) is 3.75. The van der Waals surface area contributed by atoms with Gasteiger partial charge in [0.05, 0.1) is 12.3 Å². The van der Waals surface area contributed by atoms with Gasteiger partial charge in [-0.25, -0.2) is 0 Å². The molecule has 0 amide bonds. The van der Waals surface area contributed by atoms with Gasteiger partial charge in [0.2, 0.25) is 0 Å². The molecule has 1 aliphatic rings. The molecule has 1 aromatic rings. The molecule has 2 nitrogen and oxygen atoms in total. The van der Waals surface area contributed by atoms with Gasteiger partial charge >= 0.3 is 0 Å². The Kier molecular flexibility index (Phi) is 3.38. The molecule has 0 aromatic carbocycles. The van der Waals surface area contributed by atoms with Gasteiger partial charge < -0.3 is 9.73 Å². The number of nitrogens with one attached hydrogen (secondary N) is 1. The van der Waals surface area contributed by atoms with E-state index < -0.39 is 0 Å². The van der Waals surface area contributed by atoms with E-state index in [9.17, 15) is 0 Å². The number of hydrogen-bond donors (Lipinski definition) is 1. The molecule has 90 valence electrons. The molecule has 0 bridgehead atoms. The van der Waals surface area contributed by atoms with E-state index in [1.165, 1.54) is 11.3 Å². The zero-order valence-corrected chi connectivity index (χ0v) is 10.8. The van der Waals surface area contributed by atoms with Crippen LogP contribution in [-0.4, -0.2) is 6.54 Å². The van der Waals surface area contributed by atoms with E-state index >= 15 is 0 Å². The predicted molar refractivity (Wildman–Crippen MR) is 66.3 cm³/mol. The highest BCUT2D eigenvalue weighted by atomic mass is 16.3. The number of rotatable bonds is 3. The minimum Gasteiger partial charge on any atom is -0.467 e. The molecule has 1 atom stereocenters. The number of fused-ring (bicyclic) bond motifs is 1. The molecule has 0 saturated carbocycles. The largest absolute Gasteiger partial charge is 0.467 e. The van der Waals surface area contributed by atoms with Gasteiger partial charge in [-0.3, -0.25) is 0 Å². The Morgan fingerprint density at radius 1 is 1.25 bits per heavy atom. The first-order valence-electron chi connectivity index (χ1n) is 6.41. The summed E-state index contributed by atoms with van der Waals surface area (Å²) in [5, 5.41) is 3.63. The van der Waals surface area contributed by atoms with Gasteiger partial charge in [0.25, 0.3) is 0 Å². The van der Waals surface area contributed by atoms with E-state index in [1.54, 1.807) is 0 Å². The molecule has 1 aliphatic heterocycles. The van der Waals surface area contributed by atoms with Gasteiger partial charge in [0, 0.05) is 0 Å². The molecular formula is C14H23NO. The molecule has 0 spiro atoms. The monoisotopic (exact) mass is 221 g/mol. The molecule has 0 fully saturated rings. The zero-order valence-electron chi connectivity index (χ0n) is 10.8. The summed E-state index contributed by atoms with van der Waals surface area (Å²) < 4.78 is 5.69. The Labute approximate surface area is 98.4 Å². The first-order chi connectivity index (χ1) is 7.61. The maximum absolute atomic E-state index is 5.69. The average molecular weight is 221 g/mol. The van der Waals surface area contributed by atoms with Crippen LogP contribution in [0.5, 0.6) is 0 Å². The highest BCUT2D eigenvalue weighted by Crippen LogP contribution is 2.37. The van der Waals surface area contributed by atoms with Crippen LogP contribution in [0.2, 0.25) is 0 Å². The summed E-state index contributed by atoms with van der Waals surface area (Å²) in [6, 6.07) is 2.53. The molecule has 0 radical (unpaired) electrons. The van der Waals surface area contributed by atoms with Crippen LogP contribution in [0.15, 0.2) is 16.7 Å². The summed E-state index contributed by atoms with van der Waals surface area (Å²) in [6.07, 6.45) is 2.94. The van der Waals surface area contributed by atoms with E-state index in [4.69, 9.17) is 4.42 Å². The van der Waals surface area contributed by atoms with Crippen LogP contribution in [0, 0.1) is 17.8 Å². The third-order valence-corrected chi connectivity index (χ3v) is 3.75. The molecule has 2 heteroatoms. The van der Waals surface area contributed by atoms with Crippen molar-refractivity contribution in [2.24, 2.45) is 17.8 Å². The normalized spacial score (nSPS) is 20.8. The lowest BCUT2D eigenvalue weighted by atomic mass is 9.77. The Balaban J connectivity index is 2.28. The van der Waals surface area contributed by atoms with Crippen molar-refractivity contribution < 1.29 is 4.42 Å². The Morgan fingerprint density at radius 3 is 2.56 bits per heavy atom. The quantitative estimate of drug-likeness (QED) is 0.846. The van der Waals surface area contributed by atoms with Gasteiger partial charge in [-0.05, 0) is 42.3 Å². The third kappa shape index (κ3) is 2.03. The van der Waals surface area contributed by atoms with E-state index in [0.717, 1.165) is 13.0 Å². The van der Waals surface area contributed by atoms with Crippen LogP contribution in [-0.2, 0) is 6.42 Å². The smallest absolute Gasteiger partial charge is 0.124 e. The summed E-state index contributed by atoms with van der Waals surface area (Å²) in [4.78, 5) is 0. The number of furan rings is 1. The molecule has 1 N–H and O–H groups in total. The summed E-state index contributed by atoms with van der Waals surface area (Å²) in [7, 11) is 0. The van der Waals surface area contributed by atoms with Crippen molar-refractivity contribution in [3.05, 3.63) is 23.7 Å². The minimum absolute atomic E-state index is 0.402. The van der Waals surface area contributed by atoms with Crippen molar-refractivity contribution in [3.8, 4) is 0 Å². The molecule has 16 heavy (non-hydrogen) atoms. The van der Waals surface area contributed by atoms with Crippen molar-refractivity contribution >= 4 is 0 Å². The van der Waals surface area contributed by atoms with Crippen LogP contribution in [0.25, 0.3) is 0 Å². The molecule has 1 aromatic heterocycles. The van der Waals surface area contributed by atoms with Crippen molar-refractivity contribution in [3.63, 3.8) is 0 Å². The van der Waals surface area contributed by atoms with Crippen molar-refractivity contribution in [1.82, 2.24) is 5.32 Å². The van der Waals surface area contributed by atoms with Crippen molar-refractivity contribution in [1.29, 1.82) is 0 Å². The Morgan fingerprint density at radius 2 is 1.94 bits per heavy atom. The Hall–Kier alpha value is -0.760. The first kappa shape index (κ1) is 11.7. The van der Waals surface area contributed by atoms with Crippen LogP contribution in [0.3, 0.4) is 0 Å². The van der Waals surface area contributed by atoms with Crippen LogP contribution in [0.1, 0.15) is 45.1 Å². The second kappa shape index (κ2) is 4.62. The zero-order chi connectivity index (χ0) is 11.7. The maximum Gasteiger partial charge on any atom is 0.124 e. The van der Waals surface area contributed by atoms with Crippen molar-refractivity contribution in [2.45, 2.75) is 40.2 Å². The van der Waals surface area contributed by atoms with Crippen LogP contribution >= 0.6 is 0 Å². The predicted octanol–water partition coefficient (Wildman–Crippen LogP) is 3.39. The lowest BCUT2D eigenvalue weighted by molar-refractivity contribution is 0.182. The van der Waals surface area contributed by atoms with E-state index in [-0.39, 0.29) is 0 Å². The van der Waals surface area contributed by atoms with Gasteiger partial charge in [0.15, 0.2) is 0 Å². The molecule has 2 rings (SSSR count). The van der Waals surface area contributed by atoms with Gasteiger partial charge in [-0.15, -0.1) is 0 Å². The standard InChI is InChI=1S/C14H23NO/c1-9(2)12(10(3)4)13-14-11(5-7-15-13)6-8-16-14/h6,8-10,12-13,15H,5,7H2,1-4H3. The summed E-state index contributed by atoms with van der Waals surface area (Å²) in [5.41, 5.74) is 1.40. The topological polar surface area (TPSA) is 25.2 Å². The molecule has 0 saturated heterocycles. The molecular weight excluding hydrogens is 198 g/mol. The van der Waals surface area contributed by atoms with E-state index in [1.807, 2.05) is 6.26 Å². The minimum atomic E-state index is 0.402. The fourth-order valence-corrected chi connectivity index (χ4v) is 3.13. The van der Waals surface area contributed by atoms with Crippen LogP contribution < -0.4 is 5.32 Å². The van der Waals surface area contributed by atoms with Gasteiger partial charge in [0.1, 0.15) is 5.76 Å². The molecule has 1 unspecified atom stereocenters. The first-order valence-corrected chi connectivity index (χ1v) is 6.41. The maximum atomic E-state index is 5.69. The fraction of sp³-hybridized carbons (Fsp3) is 0.714. The highest BCUT2D eigenvalue weighted by molar-refractivity contribution is 5.24. The van der Waals surface area contributed by atoms with Gasteiger partial charge in [-0.2, -0.15) is 0 Å². The Bertz CT molecular complexity index is 332. The molecule has 2 heterocycles. The average Bonchev–Trinajstić information content (AvgIpc) is 2.65. The summed E-state index contributed by atoms with van der Waals surface area (Å²) >= 11 is 0.